The van der Waals surface area contributed by atoms with Crippen LogP contribution in [0.2, 0.25) is 0 Å². The summed E-state index contributed by atoms with van der Waals surface area (Å²) < 4.78 is 11.1. The number of ether oxygens (including phenoxy) is 2. The predicted octanol–water partition coefficient (Wildman–Crippen LogP) is 1.92. The van der Waals surface area contributed by atoms with Crippen LogP contribution in [0, 0.1) is 0 Å². The predicted molar refractivity (Wildman–Crippen MR) is 108 cm³/mol. The molecule has 0 heterocycles. The van der Waals surface area contributed by atoms with Gasteiger partial charge in [0.15, 0.2) is 0 Å². The second kappa shape index (κ2) is 8.13. The molecule has 0 radical (unpaired) electrons. The Morgan fingerprint density at radius 2 is 1.00 bits per heavy atom. The van der Waals surface area contributed by atoms with Crippen molar-refractivity contribution in [1.82, 2.24) is 0 Å². The third kappa shape index (κ3) is 3.75. The monoisotopic (exact) mass is 400 g/mol. The minimum absolute atomic E-state index is 0.326. The first-order chi connectivity index (χ1) is 14.5. The van der Waals surface area contributed by atoms with Crippen LogP contribution >= 0.6 is 0 Å². The molecule has 4 aromatic rings. The van der Waals surface area contributed by atoms with E-state index < -0.39 is 25.2 Å². The largest absolute Gasteiger partial charge is 0.546 e. The van der Waals surface area contributed by atoms with Crippen molar-refractivity contribution < 1.29 is 29.3 Å². The first-order valence-electron chi connectivity index (χ1n) is 9.24. The van der Waals surface area contributed by atoms with Gasteiger partial charge >= 0.3 is 0 Å². The minimum atomic E-state index is -1.35. The number of carboxylic acids is 2. The van der Waals surface area contributed by atoms with Crippen LogP contribution in [-0.4, -0.2) is 25.2 Å². The highest BCUT2D eigenvalue weighted by atomic mass is 16.5. The Labute approximate surface area is 171 Å². The lowest BCUT2D eigenvalue weighted by Gasteiger charge is -2.20. The Morgan fingerprint density at radius 3 is 1.40 bits per heavy atom. The van der Waals surface area contributed by atoms with Crippen molar-refractivity contribution in [3.8, 4) is 22.6 Å². The Kier molecular flexibility index (Phi) is 5.22. The average molecular weight is 400 g/mol. The van der Waals surface area contributed by atoms with Crippen molar-refractivity contribution in [3.05, 3.63) is 72.8 Å². The standard InChI is InChI=1S/C24H18O6/c25-21(26)13-29-19-11-9-15-5-1-3-7-17(15)23(19)24-18-8-4-2-6-16(18)10-12-20(24)30-14-22(27)28/h1-12H,13-14H2,(H,25,26)(H,27,28)/p-2. The molecule has 0 fully saturated rings. The summed E-state index contributed by atoms with van der Waals surface area (Å²) in [5.74, 6) is -2.04. The number of hydrogen-bond acceptors (Lipinski definition) is 6. The lowest BCUT2D eigenvalue weighted by molar-refractivity contribution is -0.308. The van der Waals surface area contributed by atoms with E-state index in [4.69, 9.17) is 9.47 Å². The highest BCUT2D eigenvalue weighted by Crippen LogP contribution is 2.45. The van der Waals surface area contributed by atoms with E-state index in [9.17, 15) is 19.8 Å². The first-order valence-corrected chi connectivity index (χ1v) is 9.24. The van der Waals surface area contributed by atoms with Gasteiger partial charge in [0.1, 0.15) is 24.7 Å². The lowest BCUT2D eigenvalue weighted by Crippen LogP contribution is -2.29. The molecule has 0 saturated heterocycles. The van der Waals surface area contributed by atoms with Gasteiger partial charge in [0, 0.05) is 11.1 Å². The molecule has 6 nitrogen and oxygen atoms in total. The third-order valence-electron chi connectivity index (χ3n) is 4.72. The smallest absolute Gasteiger partial charge is 0.128 e. The number of benzene rings is 4. The van der Waals surface area contributed by atoms with Gasteiger partial charge in [-0.1, -0.05) is 60.7 Å². The summed E-state index contributed by atoms with van der Waals surface area (Å²) in [5, 5.41) is 25.5. The summed E-state index contributed by atoms with van der Waals surface area (Å²) in [6.07, 6.45) is 0. The SMILES string of the molecule is O=C([O-])COc1ccc2ccccc2c1-c1c(OCC(=O)[O-])ccc2ccccc12. The van der Waals surface area contributed by atoms with E-state index in [1.165, 1.54) is 0 Å². The maximum Gasteiger partial charge on any atom is 0.128 e. The minimum Gasteiger partial charge on any atom is -0.546 e. The van der Waals surface area contributed by atoms with Crippen molar-refractivity contribution in [2.75, 3.05) is 13.2 Å². The topological polar surface area (TPSA) is 98.7 Å². The van der Waals surface area contributed by atoms with E-state index in [2.05, 4.69) is 0 Å². The van der Waals surface area contributed by atoms with Gasteiger partial charge in [0.2, 0.25) is 0 Å². The fourth-order valence-electron chi connectivity index (χ4n) is 3.53. The van der Waals surface area contributed by atoms with Crippen molar-refractivity contribution in [3.63, 3.8) is 0 Å². The highest BCUT2D eigenvalue weighted by Gasteiger charge is 2.19. The van der Waals surface area contributed by atoms with Gasteiger partial charge in [-0.25, -0.2) is 0 Å². The van der Waals surface area contributed by atoms with Crippen molar-refractivity contribution in [1.29, 1.82) is 0 Å². The zero-order valence-electron chi connectivity index (χ0n) is 15.8. The Balaban J connectivity index is 2.05. The highest BCUT2D eigenvalue weighted by molar-refractivity contribution is 6.09. The normalized spacial score (nSPS) is 10.8. The number of fused-ring (bicyclic) bond motifs is 2. The second-order valence-corrected chi connectivity index (χ2v) is 6.64. The zero-order chi connectivity index (χ0) is 21.1. The molecule has 0 bridgehead atoms. The molecule has 6 heteroatoms. The van der Waals surface area contributed by atoms with Gasteiger partial charge in [-0.15, -0.1) is 0 Å². The summed E-state index contributed by atoms with van der Waals surface area (Å²) in [7, 11) is 0. The fraction of sp³-hybridized carbons (Fsp3) is 0.0833. The summed E-state index contributed by atoms with van der Waals surface area (Å²) >= 11 is 0. The molecule has 0 aliphatic rings. The molecule has 0 atom stereocenters. The number of hydrogen-bond donors (Lipinski definition) is 0. The zero-order valence-corrected chi connectivity index (χ0v) is 15.8. The van der Waals surface area contributed by atoms with Crippen LogP contribution < -0.4 is 19.7 Å². The van der Waals surface area contributed by atoms with E-state index in [1.807, 2.05) is 60.7 Å². The van der Waals surface area contributed by atoms with E-state index in [-0.39, 0.29) is 0 Å². The van der Waals surface area contributed by atoms with Gasteiger partial charge < -0.3 is 29.3 Å². The van der Waals surface area contributed by atoms with Crippen molar-refractivity contribution in [2.45, 2.75) is 0 Å². The molecule has 150 valence electrons. The van der Waals surface area contributed by atoms with E-state index in [0.29, 0.717) is 22.6 Å². The Morgan fingerprint density at radius 1 is 0.600 bits per heavy atom. The van der Waals surface area contributed by atoms with Gasteiger partial charge in [-0.3, -0.25) is 0 Å². The van der Waals surface area contributed by atoms with Gasteiger partial charge in [0.05, 0.1) is 11.9 Å². The molecule has 0 aliphatic heterocycles. The van der Waals surface area contributed by atoms with Gasteiger partial charge in [-0.05, 0) is 33.7 Å². The Hall–Kier alpha value is -4.06. The van der Waals surface area contributed by atoms with Crippen LogP contribution in [0.15, 0.2) is 72.8 Å². The molecule has 4 rings (SSSR count). The first kappa shape index (κ1) is 19.3. The second-order valence-electron chi connectivity index (χ2n) is 6.64. The Bertz CT molecular complexity index is 1160. The van der Waals surface area contributed by atoms with Crippen LogP contribution in [0.4, 0.5) is 0 Å². The molecule has 0 unspecified atom stereocenters. The molecule has 0 aromatic heterocycles. The molecule has 0 spiro atoms. The van der Waals surface area contributed by atoms with Gasteiger partial charge in [-0.2, -0.15) is 0 Å². The number of rotatable bonds is 7. The van der Waals surface area contributed by atoms with E-state index in [1.54, 1.807) is 12.1 Å². The average Bonchev–Trinajstić information content (AvgIpc) is 2.75. The summed E-state index contributed by atoms with van der Waals surface area (Å²) in [6, 6.07) is 22.2. The van der Waals surface area contributed by atoms with Crippen LogP contribution in [0.3, 0.4) is 0 Å². The maximum atomic E-state index is 11.0. The van der Waals surface area contributed by atoms with Crippen molar-refractivity contribution in [2.24, 2.45) is 0 Å². The third-order valence-corrected chi connectivity index (χ3v) is 4.72. The van der Waals surface area contributed by atoms with E-state index in [0.717, 1.165) is 21.5 Å². The van der Waals surface area contributed by atoms with Crippen LogP contribution in [-0.2, 0) is 9.59 Å². The number of carboxylic acid groups (broad SMARTS) is 2. The molecular weight excluding hydrogens is 384 g/mol. The van der Waals surface area contributed by atoms with E-state index >= 15 is 0 Å². The summed E-state index contributed by atoms with van der Waals surface area (Å²) in [6.45, 7) is -1.24. The van der Waals surface area contributed by atoms with Crippen LogP contribution in [0.5, 0.6) is 11.5 Å². The molecular formula is C24H16O6-2. The molecule has 0 saturated carbocycles. The lowest BCUT2D eigenvalue weighted by atomic mass is 9.92. The fourth-order valence-corrected chi connectivity index (χ4v) is 3.53. The quantitative estimate of drug-likeness (QED) is 0.470. The number of carbonyl (C=O) groups is 2. The number of carbonyl (C=O) groups excluding carboxylic acids is 2. The maximum absolute atomic E-state index is 11.0. The van der Waals surface area contributed by atoms with Crippen LogP contribution in [0.1, 0.15) is 0 Å². The summed E-state index contributed by atoms with van der Waals surface area (Å²) in [4.78, 5) is 22.0. The molecule has 4 aromatic carbocycles. The molecule has 0 N–H and O–H groups in total. The molecule has 30 heavy (non-hydrogen) atoms. The summed E-state index contributed by atoms with van der Waals surface area (Å²) in [5.41, 5.74) is 1.22. The number of aliphatic carboxylic acids is 2. The molecule has 0 amide bonds. The molecule has 0 aliphatic carbocycles. The van der Waals surface area contributed by atoms with Crippen LogP contribution in [0.25, 0.3) is 32.7 Å². The van der Waals surface area contributed by atoms with Crippen molar-refractivity contribution >= 4 is 33.5 Å². The van der Waals surface area contributed by atoms with Gasteiger partial charge in [0.25, 0.3) is 0 Å².